The largest absolute Gasteiger partial charge is 0.350 e. The SMILES string of the molecule is O=C(CN1CCCC1=O)NCc1cccnc1-n1cccn1. The number of hydrogen-bond donors (Lipinski definition) is 1. The molecule has 1 aliphatic rings. The van der Waals surface area contributed by atoms with Crippen LogP contribution in [0.5, 0.6) is 0 Å². The van der Waals surface area contributed by atoms with Crippen molar-refractivity contribution in [1.82, 2.24) is 25.0 Å². The zero-order chi connectivity index (χ0) is 15.4. The van der Waals surface area contributed by atoms with Crippen molar-refractivity contribution in [2.75, 3.05) is 13.1 Å². The molecule has 0 radical (unpaired) electrons. The fourth-order valence-electron chi connectivity index (χ4n) is 2.46. The van der Waals surface area contributed by atoms with Crippen LogP contribution in [0.15, 0.2) is 36.8 Å². The van der Waals surface area contributed by atoms with Gasteiger partial charge in [0, 0.05) is 43.7 Å². The van der Waals surface area contributed by atoms with Crippen LogP contribution in [0.25, 0.3) is 5.82 Å². The topological polar surface area (TPSA) is 80.1 Å². The van der Waals surface area contributed by atoms with E-state index in [0.717, 1.165) is 12.0 Å². The molecule has 0 unspecified atom stereocenters. The van der Waals surface area contributed by atoms with E-state index >= 15 is 0 Å². The Bertz CT molecular complexity index is 668. The predicted octanol–water partition coefficient (Wildman–Crippen LogP) is 0.506. The van der Waals surface area contributed by atoms with Gasteiger partial charge in [-0.3, -0.25) is 9.59 Å². The van der Waals surface area contributed by atoms with Gasteiger partial charge in [0.25, 0.3) is 0 Å². The number of amides is 2. The molecule has 2 aromatic heterocycles. The molecule has 2 amide bonds. The van der Waals surface area contributed by atoms with Crippen LogP contribution in [-0.4, -0.2) is 44.6 Å². The maximum atomic E-state index is 12.0. The van der Waals surface area contributed by atoms with Crippen molar-refractivity contribution in [3.05, 3.63) is 42.4 Å². The van der Waals surface area contributed by atoms with Crippen molar-refractivity contribution in [3.8, 4) is 5.82 Å². The van der Waals surface area contributed by atoms with E-state index in [2.05, 4.69) is 15.4 Å². The Morgan fingerprint density at radius 2 is 2.23 bits per heavy atom. The second-order valence-corrected chi connectivity index (χ2v) is 5.13. The maximum Gasteiger partial charge on any atom is 0.239 e. The first-order valence-corrected chi connectivity index (χ1v) is 7.22. The molecule has 7 heteroatoms. The smallest absolute Gasteiger partial charge is 0.239 e. The van der Waals surface area contributed by atoms with E-state index in [1.54, 1.807) is 28.2 Å². The molecule has 1 saturated heterocycles. The summed E-state index contributed by atoms with van der Waals surface area (Å²) >= 11 is 0. The van der Waals surface area contributed by atoms with Crippen LogP contribution in [0, 0.1) is 0 Å². The lowest BCUT2D eigenvalue weighted by atomic mass is 10.2. The van der Waals surface area contributed by atoms with Crippen molar-refractivity contribution < 1.29 is 9.59 Å². The van der Waals surface area contributed by atoms with E-state index in [9.17, 15) is 9.59 Å². The summed E-state index contributed by atoms with van der Waals surface area (Å²) in [6.07, 6.45) is 6.54. The van der Waals surface area contributed by atoms with Crippen LogP contribution in [0.2, 0.25) is 0 Å². The lowest BCUT2D eigenvalue weighted by Crippen LogP contribution is -2.37. The first-order chi connectivity index (χ1) is 10.7. The van der Waals surface area contributed by atoms with E-state index in [-0.39, 0.29) is 18.4 Å². The molecule has 2 aromatic rings. The molecule has 22 heavy (non-hydrogen) atoms. The number of pyridine rings is 1. The maximum absolute atomic E-state index is 12.0. The van der Waals surface area contributed by atoms with Gasteiger partial charge in [-0.1, -0.05) is 6.07 Å². The number of carbonyl (C=O) groups is 2. The quantitative estimate of drug-likeness (QED) is 0.872. The number of carbonyl (C=O) groups excluding carboxylic acids is 2. The van der Waals surface area contributed by atoms with Gasteiger partial charge in [-0.2, -0.15) is 5.10 Å². The Balaban J connectivity index is 1.62. The number of aromatic nitrogens is 3. The highest BCUT2D eigenvalue weighted by molar-refractivity contribution is 5.85. The summed E-state index contributed by atoms with van der Waals surface area (Å²) in [5, 5.41) is 6.99. The molecule has 1 aliphatic heterocycles. The Morgan fingerprint density at radius 3 is 2.95 bits per heavy atom. The van der Waals surface area contributed by atoms with Gasteiger partial charge in [-0.05, 0) is 18.6 Å². The standard InChI is InChI=1S/C15H17N5O2/c21-13(11-19-8-2-5-14(19)22)17-10-12-4-1-6-16-15(12)20-9-3-7-18-20/h1,3-4,6-7,9H,2,5,8,10-11H2,(H,17,21). The third-order valence-electron chi connectivity index (χ3n) is 3.57. The molecule has 114 valence electrons. The second kappa shape index (κ2) is 6.38. The highest BCUT2D eigenvalue weighted by Gasteiger charge is 2.22. The molecule has 1 N–H and O–H groups in total. The Kier molecular flexibility index (Phi) is 4.13. The molecule has 7 nitrogen and oxygen atoms in total. The minimum Gasteiger partial charge on any atom is -0.350 e. The normalized spacial score (nSPS) is 14.4. The fraction of sp³-hybridized carbons (Fsp3) is 0.333. The number of rotatable bonds is 5. The summed E-state index contributed by atoms with van der Waals surface area (Å²) in [5.41, 5.74) is 0.868. The summed E-state index contributed by atoms with van der Waals surface area (Å²) in [6, 6.07) is 5.53. The summed E-state index contributed by atoms with van der Waals surface area (Å²) < 4.78 is 1.66. The minimum absolute atomic E-state index is 0.0498. The highest BCUT2D eigenvalue weighted by atomic mass is 16.2. The molecule has 0 aromatic carbocycles. The Hall–Kier alpha value is -2.70. The summed E-state index contributed by atoms with van der Waals surface area (Å²) in [5.74, 6) is 0.573. The summed E-state index contributed by atoms with van der Waals surface area (Å²) in [6.45, 7) is 1.14. The van der Waals surface area contributed by atoms with Gasteiger partial charge in [0.15, 0.2) is 5.82 Å². The van der Waals surface area contributed by atoms with E-state index < -0.39 is 0 Å². The first-order valence-electron chi connectivity index (χ1n) is 7.22. The lowest BCUT2D eigenvalue weighted by Gasteiger charge is -2.15. The molecular formula is C15H17N5O2. The molecular weight excluding hydrogens is 282 g/mol. The Labute approximate surface area is 127 Å². The van der Waals surface area contributed by atoms with Crippen molar-refractivity contribution >= 4 is 11.8 Å². The van der Waals surface area contributed by atoms with Crippen LogP contribution >= 0.6 is 0 Å². The summed E-state index contributed by atoms with van der Waals surface area (Å²) in [7, 11) is 0. The summed E-state index contributed by atoms with van der Waals surface area (Å²) in [4.78, 5) is 29.4. The van der Waals surface area contributed by atoms with Crippen LogP contribution in [0.1, 0.15) is 18.4 Å². The van der Waals surface area contributed by atoms with Crippen LogP contribution in [-0.2, 0) is 16.1 Å². The van der Waals surface area contributed by atoms with Crippen LogP contribution in [0.4, 0.5) is 0 Å². The van der Waals surface area contributed by atoms with Crippen molar-refractivity contribution in [1.29, 1.82) is 0 Å². The van der Waals surface area contributed by atoms with Gasteiger partial charge >= 0.3 is 0 Å². The monoisotopic (exact) mass is 299 g/mol. The average molecular weight is 299 g/mol. The fourth-order valence-corrected chi connectivity index (χ4v) is 2.46. The van der Waals surface area contributed by atoms with Gasteiger partial charge in [0.2, 0.25) is 11.8 Å². The molecule has 0 atom stereocenters. The predicted molar refractivity (Wildman–Crippen MR) is 79.0 cm³/mol. The second-order valence-electron chi connectivity index (χ2n) is 5.13. The number of nitrogens with one attached hydrogen (secondary N) is 1. The number of likely N-dealkylation sites (tertiary alicyclic amines) is 1. The van der Waals surface area contributed by atoms with Gasteiger partial charge < -0.3 is 10.2 Å². The van der Waals surface area contributed by atoms with Crippen molar-refractivity contribution in [3.63, 3.8) is 0 Å². The average Bonchev–Trinajstić information content (AvgIpc) is 3.18. The van der Waals surface area contributed by atoms with Crippen molar-refractivity contribution in [2.45, 2.75) is 19.4 Å². The van der Waals surface area contributed by atoms with Gasteiger partial charge in [-0.15, -0.1) is 0 Å². The highest BCUT2D eigenvalue weighted by Crippen LogP contribution is 2.11. The Morgan fingerprint density at radius 1 is 1.32 bits per heavy atom. The molecule has 1 fully saturated rings. The van der Waals surface area contributed by atoms with E-state index in [1.807, 2.05) is 18.2 Å². The zero-order valence-electron chi connectivity index (χ0n) is 12.1. The molecule has 3 rings (SSSR count). The number of hydrogen-bond acceptors (Lipinski definition) is 4. The van der Waals surface area contributed by atoms with E-state index in [4.69, 9.17) is 0 Å². The van der Waals surface area contributed by atoms with Crippen LogP contribution < -0.4 is 5.32 Å². The van der Waals surface area contributed by atoms with E-state index in [1.165, 1.54) is 0 Å². The van der Waals surface area contributed by atoms with Gasteiger partial charge in [0.1, 0.15) is 0 Å². The van der Waals surface area contributed by atoms with E-state index in [0.29, 0.717) is 25.3 Å². The third kappa shape index (κ3) is 3.13. The first kappa shape index (κ1) is 14.2. The number of nitrogens with zero attached hydrogens (tertiary/aromatic N) is 4. The third-order valence-corrected chi connectivity index (χ3v) is 3.57. The molecule has 3 heterocycles. The molecule has 0 bridgehead atoms. The van der Waals surface area contributed by atoms with Gasteiger partial charge in [-0.25, -0.2) is 9.67 Å². The lowest BCUT2D eigenvalue weighted by molar-refractivity contribution is -0.133. The van der Waals surface area contributed by atoms with Crippen LogP contribution in [0.3, 0.4) is 0 Å². The minimum atomic E-state index is -0.162. The van der Waals surface area contributed by atoms with Crippen molar-refractivity contribution in [2.24, 2.45) is 0 Å². The molecule has 0 spiro atoms. The molecule has 0 aliphatic carbocycles. The molecule has 0 saturated carbocycles. The van der Waals surface area contributed by atoms with Gasteiger partial charge in [0.05, 0.1) is 6.54 Å². The zero-order valence-corrected chi connectivity index (χ0v) is 12.1.